The number of allylic oxidation sites excluding steroid dienone is 1. The molecule has 1 atom stereocenters. The van der Waals surface area contributed by atoms with Crippen LogP contribution >= 0.6 is 11.3 Å². The van der Waals surface area contributed by atoms with Crippen LogP contribution in [0.4, 0.5) is 11.6 Å². The second-order valence-electron chi connectivity index (χ2n) is 6.24. The van der Waals surface area contributed by atoms with Crippen LogP contribution in [0, 0.1) is 6.92 Å². The number of benzene rings is 1. The maximum Gasteiger partial charge on any atom is 0.255 e. The van der Waals surface area contributed by atoms with Crippen LogP contribution in [-0.4, -0.2) is 27.8 Å². The predicted molar refractivity (Wildman–Crippen MR) is 105 cm³/mol. The quantitative estimate of drug-likeness (QED) is 0.722. The molecule has 0 radical (unpaired) electrons. The number of hydrogen-bond acceptors (Lipinski definition) is 6. The molecule has 1 aliphatic rings. The highest BCUT2D eigenvalue weighted by Gasteiger charge is 2.34. The third-order valence-corrected chi connectivity index (χ3v) is 5.61. The molecular formula is C19H19N5O2S. The van der Waals surface area contributed by atoms with E-state index in [0.29, 0.717) is 17.2 Å². The number of aryl methyl sites for hydroxylation is 1. The fourth-order valence-corrected chi connectivity index (χ4v) is 4.18. The fourth-order valence-electron chi connectivity index (χ4n) is 3.16. The molecule has 0 bridgehead atoms. The number of nitrogens with zero attached hydrogens (tertiary/aromatic N) is 3. The molecule has 7 nitrogen and oxygen atoms in total. The first-order valence-corrected chi connectivity index (χ1v) is 9.33. The lowest BCUT2D eigenvalue weighted by molar-refractivity contribution is -0.113. The number of anilines is 2. The number of nitrogens with one attached hydrogen (secondary N) is 2. The van der Waals surface area contributed by atoms with Gasteiger partial charge in [-0.3, -0.25) is 4.79 Å². The summed E-state index contributed by atoms with van der Waals surface area (Å²) < 4.78 is 6.93. The number of fused-ring (bicyclic) bond motifs is 1. The predicted octanol–water partition coefficient (Wildman–Crippen LogP) is 3.58. The average Bonchev–Trinajstić information content (AvgIpc) is 3.29. The lowest BCUT2D eigenvalue weighted by Crippen LogP contribution is -2.31. The zero-order valence-electron chi connectivity index (χ0n) is 15.2. The van der Waals surface area contributed by atoms with Gasteiger partial charge in [0.2, 0.25) is 5.95 Å². The molecule has 8 heteroatoms. The minimum absolute atomic E-state index is 0.177. The lowest BCUT2D eigenvalue weighted by Gasteiger charge is -2.28. The van der Waals surface area contributed by atoms with Gasteiger partial charge in [0.1, 0.15) is 18.1 Å². The van der Waals surface area contributed by atoms with Gasteiger partial charge in [-0.1, -0.05) is 0 Å². The van der Waals surface area contributed by atoms with Crippen molar-refractivity contribution in [1.29, 1.82) is 0 Å². The van der Waals surface area contributed by atoms with Crippen molar-refractivity contribution >= 4 is 28.9 Å². The second-order valence-corrected chi connectivity index (χ2v) is 7.19. The first kappa shape index (κ1) is 17.3. The van der Waals surface area contributed by atoms with Gasteiger partial charge < -0.3 is 15.4 Å². The zero-order valence-corrected chi connectivity index (χ0v) is 16.0. The third-order valence-electron chi connectivity index (χ3n) is 4.54. The molecule has 4 rings (SSSR count). The summed E-state index contributed by atoms with van der Waals surface area (Å²) >= 11 is 1.61. The van der Waals surface area contributed by atoms with Crippen LogP contribution in [0.25, 0.3) is 0 Å². The van der Waals surface area contributed by atoms with Gasteiger partial charge in [0, 0.05) is 16.3 Å². The van der Waals surface area contributed by atoms with Gasteiger partial charge in [-0.05, 0) is 55.1 Å². The van der Waals surface area contributed by atoms with Crippen molar-refractivity contribution in [3.63, 3.8) is 0 Å². The highest BCUT2D eigenvalue weighted by atomic mass is 32.1. The lowest BCUT2D eigenvalue weighted by atomic mass is 9.99. The Labute approximate surface area is 160 Å². The van der Waals surface area contributed by atoms with E-state index in [0.717, 1.165) is 21.9 Å². The summed E-state index contributed by atoms with van der Waals surface area (Å²) in [5.41, 5.74) is 3.21. The SMILES string of the molecule is COc1ccc(NC(=O)C2=C(C)Nc3ncnn3[C@@H]2c2sccc2C)cc1. The van der Waals surface area contributed by atoms with Crippen LogP contribution < -0.4 is 15.4 Å². The van der Waals surface area contributed by atoms with Crippen LogP contribution in [-0.2, 0) is 4.79 Å². The number of carbonyl (C=O) groups excluding carboxylic acids is 1. The van der Waals surface area contributed by atoms with Crippen molar-refractivity contribution in [3.8, 4) is 5.75 Å². The number of thiophene rings is 1. The fraction of sp³-hybridized carbons (Fsp3) is 0.211. The van der Waals surface area contributed by atoms with Crippen molar-refractivity contribution < 1.29 is 9.53 Å². The van der Waals surface area contributed by atoms with E-state index in [1.54, 1.807) is 23.1 Å². The number of ether oxygens (including phenoxy) is 1. The summed E-state index contributed by atoms with van der Waals surface area (Å²) in [6, 6.07) is 8.98. The van der Waals surface area contributed by atoms with Crippen molar-refractivity contribution in [3.05, 3.63) is 63.7 Å². The summed E-state index contributed by atoms with van der Waals surface area (Å²) in [5, 5.41) is 12.5. The zero-order chi connectivity index (χ0) is 19.0. The number of carbonyl (C=O) groups is 1. The van der Waals surface area contributed by atoms with E-state index in [9.17, 15) is 4.79 Å². The first-order chi connectivity index (χ1) is 13.1. The normalized spacial score (nSPS) is 15.9. The van der Waals surface area contributed by atoms with Crippen molar-refractivity contribution in [2.24, 2.45) is 0 Å². The summed E-state index contributed by atoms with van der Waals surface area (Å²) in [5.74, 6) is 1.19. The molecule has 0 aliphatic carbocycles. The molecule has 1 amide bonds. The Hall–Kier alpha value is -3.13. The number of amides is 1. The largest absolute Gasteiger partial charge is 0.497 e. The smallest absolute Gasteiger partial charge is 0.255 e. The Morgan fingerprint density at radius 2 is 2.04 bits per heavy atom. The Kier molecular flexibility index (Phi) is 4.41. The van der Waals surface area contributed by atoms with Crippen LogP contribution in [0.5, 0.6) is 5.75 Å². The highest BCUT2D eigenvalue weighted by molar-refractivity contribution is 7.10. The number of methoxy groups -OCH3 is 1. The molecule has 0 saturated carbocycles. The molecule has 1 aromatic carbocycles. The Balaban J connectivity index is 1.72. The average molecular weight is 381 g/mol. The molecule has 0 fully saturated rings. The molecule has 2 N–H and O–H groups in total. The van der Waals surface area contributed by atoms with Crippen molar-refractivity contribution in [2.45, 2.75) is 19.9 Å². The summed E-state index contributed by atoms with van der Waals surface area (Å²) in [7, 11) is 1.61. The molecular weight excluding hydrogens is 362 g/mol. The van der Waals surface area contributed by atoms with Gasteiger partial charge in [-0.25, -0.2) is 4.68 Å². The van der Waals surface area contributed by atoms with Gasteiger partial charge in [0.15, 0.2) is 0 Å². The van der Waals surface area contributed by atoms with Gasteiger partial charge in [-0.2, -0.15) is 10.1 Å². The summed E-state index contributed by atoms with van der Waals surface area (Å²) in [6.45, 7) is 3.93. The Bertz CT molecular complexity index is 1020. The number of hydrogen-bond donors (Lipinski definition) is 2. The van der Waals surface area contributed by atoms with Crippen LogP contribution in [0.3, 0.4) is 0 Å². The summed E-state index contributed by atoms with van der Waals surface area (Å²) in [6.07, 6.45) is 1.50. The Morgan fingerprint density at radius 1 is 1.26 bits per heavy atom. The van der Waals surface area contributed by atoms with Gasteiger partial charge >= 0.3 is 0 Å². The van der Waals surface area contributed by atoms with E-state index in [2.05, 4.69) is 20.7 Å². The van der Waals surface area contributed by atoms with Crippen molar-refractivity contribution in [1.82, 2.24) is 14.8 Å². The third kappa shape index (κ3) is 3.08. The molecule has 3 aromatic rings. The maximum absolute atomic E-state index is 13.2. The standard InChI is InChI=1S/C19H19N5O2S/c1-11-8-9-27-17(11)16-15(12(2)22-19-20-10-21-24(16)19)18(25)23-13-4-6-14(26-3)7-5-13/h4-10,16H,1-3H3,(H,23,25)(H,20,21,22)/t16-/m0/s1. The molecule has 0 saturated heterocycles. The molecule has 0 spiro atoms. The van der Waals surface area contributed by atoms with Crippen LogP contribution in [0.15, 0.2) is 53.3 Å². The van der Waals surface area contributed by atoms with Crippen LogP contribution in [0.2, 0.25) is 0 Å². The Morgan fingerprint density at radius 3 is 2.70 bits per heavy atom. The first-order valence-electron chi connectivity index (χ1n) is 8.45. The molecule has 1 aliphatic heterocycles. The van der Waals surface area contributed by atoms with E-state index in [4.69, 9.17) is 4.74 Å². The van der Waals surface area contributed by atoms with Gasteiger partial charge in [0.05, 0.1) is 12.7 Å². The molecule has 2 aromatic heterocycles. The minimum Gasteiger partial charge on any atom is -0.497 e. The van der Waals surface area contributed by atoms with E-state index >= 15 is 0 Å². The maximum atomic E-state index is 13.2. The van der Waals surface area contributed by atoms with Crippen molar-refractivity contribution in [2.75, 3.05) is 17.7 Å². The van der Waals surface area contributed by atoms with E-state index in [1.165, 1.54) is 6.33 Å². The van der Waals surface area contributed by atoms with E-state index < -0.39 is 0 Å². The highest BCUT2D eigenvalue weighted by Crippen LogP contribution is 2.38. The minimum atomic E-state index is -0.318. The van der Waals surface area contributed by atoms with Gasteiger partial charge in [-0.15, -0.1) is 11.3 Å². The van der Waals surface area contributed by atoms with Crippen LogP contribution in [0.1, 0.15) is 23.4 Å². The summed E-state index contributed by atoms with van der Waals surface area (Å²) in [4.78, 5) is 18.5. The number of aromatic nitrogens is 3. The van der Waals surface area contributed by atoms with Gasteiger partial charge in [0.25, 0.3) is 5.91 Å². The monoisotopic (exact) mass is 381 g/mol. The molecule has 0 unspecified atom stereocenters. The van der Waals surface area contributed by atoms with E-state index in [-0.39, 0.29) is 11.9 Å². The molecule has 138 valence electrons. The van der Waals surface area contributed by atoms with E-state index in [1.807, 2.05) is 49.6 Å². The molecule has 3 heterocycles. The topological polar surface area (TPSA) is 81.1 Å². The number of rotatable bonds is 4. The molecule has 27 heavy (non-hydrogen) atoms. The second kappa shape index (κ2) is 6.88.